The Morgan fingerprint density at radius 3 is 2.50 bits per heavy atom. The maximum absolute atomic E-state index is 13.3. The number of halogens is 1. The molecular formula is C28H28ClN3O3S. The second-order valence-corrected chi connectivity index (χ2v) is 10.2. The van der Waals surface area contributed by atoms with E-state index in [4.69, 9.17) is 21.3 Å². The van der Waals surface area contributed by atoms with Gasteiger partial charge >= 0.3 is 0 Å². The molecule has 8 heteroatoms. The average Bonchev–Trinajstić information content (AvgIpc) is 2.86. The highest BCUT2D eigenvalue weighted by Gasteiger charge is 2.36. The lowest BCUT2D eigenvalue weighted by molar-refractivity contribution is -0.129. The van der Waals surface area contributed by atoms with Crippen LogP contribution in [0.5, 0.6) is 5.75 Å². The number of amides is 2. The van der Waals surface area contributed by atoms with Crippen LogP contribution in [0, 0.1) is 13.8 Å². The molecule has 4 rings (SSSR count). The van der Waals surface area contributed by atoms with Crippen molar-refractivity contribution in [1.82, 2.24) is 4.90 Å². The summed E-state index contributed by atoms with van der Waals surface area (Å²) in [5.41, 5.74) is 4.59. The fraction of sp³-hybridized carbons (Fsp3) is 0.250. The summed E-state index contributed by atoms with van der Waals surface area (Å²) in [5.74, 6) is 0.382. The molecule has 0 saturated carbocycles. The van der Waals surface area contributed by atoms with Crippen molar-refractivity contribution in [2.45, 2.75) is 31.9 Å². The second-order valence-electron chi connectivity index (χ2n) is 8.63. The van der Waals surface area contributed by atoms with E-state index >= 15 is 0 Å². The van der Waals surface area contributed by atoms with E-state index in [1.807, 2.05) is 80.6 Å². The summed E-state index contributed by atoms with van der Waals surface area (Å²) < 4.78 is 5.23. The molecule has 3 aromatic rings. The van der Waals surface area contributed by atoms with Gasteiger partial charge in [-0.05, 0) is 73.9 Å². The van der Waals surface area contributed by atoms with Gasteiger partial charge in [0.1, 0.15) is 11.0 Å². The standard InChI is InChI=1S/C28H28ClN3O3S/c1-18-4-13-24(19(2)16-18)31-27(34)25-17-26(33)32(15-14-20-5-7-21(29)8-6-20)28(36-25)30-22-9-11-23(35-3)12-10-22/h4-13,16,25H,14-15,17H2,1-3H3,(H,31,34). The SMILES string of the molecule is COc1ccc(N=C2SC(C(=O)Nc3ccc(C)cc3C)CC(=O)N2CCc2ccc(Cl)cc2)cc1. The fourth-order valence-electron chi connectivity index (χ4n) is 3.89. The molecule has 1 heterocycles. The van der Waals surface area contributed by atoms with Gasteiger partial charge in [-0.1, -0.05) is 53.2 Å². The van der Waals surface area contributed by atoms with Gasteiger partial charge in [0, 0.05) is 23.7 Å². The maximum atomic E-state index is 13.3. The number of aryl methyl sites for hydroxylation is 2. The predicted octanol–water partition coefficient (Wildman–Crippen LogP) is 6.17. The molecule has 36 heavy (non-hydrogen) atoms. The molecule has 2 amide bonds. The van der Waals surface area contributed by atoms with E-state index in [1.54, 1.807) is 12.0 Å². The van der Waals surface area contributed by atoms with Crippen molar-refractivity contribution < 1.29 is 14.3 Å². The third-order valence-corrected chi connectivity index (χ3v) is 7.35. The number of methoxy groups -OCH3 is 1. The molecule has 0 spiro atoms. The Balaban J connectivity index is 1.56. The molecule has 0 aromatic heterocycles. The van der Waals surface area contributed by atoms with E-state index in [2.05, 4.69) is 5.32 Å². The minimum atomic E-state index is -0.581. The lowest BCUT2D eigenvalue weighted by atomic mass is 10.1. The topological polar surface area (TPSA) is 71.0 Å². The van der Waals surface area contributed by atoms with Crippen LogP contribution in [0.15, 0.2) is 71.7 Å². The molecule has 6 nitrogen and oxygen atoms in total. The number of benzene rings is 3. The van der Waals surface area contributed by atoms with Crippen LogP contribution in [0.25, 0.3) is 0 Å². The van der Waals surface area contributed by atoms with Gasteiger partial charge in [0.15, 0.2) is 5.17 Å². The minimum Gasteiger partial charge on any atom is -0.497 e. The van der Waals surface area contributed by atoms with Gasteiger partial charge in [0.25, 0.3) is 0 Å². The van der Waals surface area contributed by atoms with Crippen molar-refractivity contribution in [3.63, 3.8) is 0 Å². The summed E-state index contributed by atoms with van der Waals surface area (Å²) in [6.07, 6.45) is 0.744. The first-order chi connectivity index (χ1) is 17.3. The van der Waals surface area contributed by atoms with Crippen LogP contribution >= 0.6 is 23.4 Å². The Hall–Kier alpha value is -3.29. The molecule has 1 unspecified atom stereocenters. The summed E-state index contributed by atoms with van der Waals surface area (Å²) >= 11 is 7.32. The molecule has 186 valence electrons. The minimum absolute atomic E-state index is 0.101. The van der Waals surface area contributed by atoms with Gasteiger partial charge in [-0.3, -0.25) is 14.5 Å². The average molecular weight is 522 g/mol. The zero-order valence-corrected chi connectivity index (χ0v) is 22.0. The number of nitrogens with zero attached hydrogens (tertiary/aromatic N) is 2. The number of hydrogen-bond donors (Lipinski definition) is 1. The van der Waals surface area contributed by atoms with Crippen LogP contribution in [-0.2, 0) is 16.0 Å². The highest BCUT2D eigenvalue weighted by molar-refractivity contribution is 8.15. The zero-order chi connectivity index (χ0) is 25.7. The number of carbonyl (C=O) groups is 2. The summed E-state index contributed by atoms with van der Waals surface area (Å²) in [5, 5.41) is 3.58. The van der Waals surface area contributed by atoms with Crippen LogP contribution in [0.4, 0.5) is 11.4 Å². The summed E-state index contributed by atoms with van der Waals surface area (Å²) in [6.45, 7) is 4.42. The molecule has 0 bridgehead atoms. The number of thioether (sulfide) groups is 1. The Bertz CT molecular complexity index is 1280. The maximum Gasteiger partial charge on any atom is 0.238 e. The van der Waals surface area contributed by atoms with Crippen LogP contribution in [0.3, 0.4) is 0 Å². The predicted molar refractivity (Wildman–Crippen MR) is 147 cm³/mol. The highest BCUT2D eigenvalue weighted by Crippen LogP contribution is 2.31. The molecular weight excluding hydrogens is 494 g/mol. The second kappa shape index (κ2) is 11.6. The van der Waals surface area contributed by atoms with Gasteiger partial charge in [-0.15, -0.1) is 0 Å². The largest absolute Gasteiger partial charge is 0.497 e. The van der Waals surface area contributed by atoms with Gasteiger partial charge < -0.3 is 10.1 Å². The molecule has 1 N–H and O–H groups in total. The molecule has 1 atom stereocenters. The summed E-state index contributed by atoms with van der Waals surface area (Å²) in [6, 6.07) is 20.7. The Kier molecular flexibility index (Phi) is 8.33. The first-order valence-electron chi connectivity index (χ1n) is 11.6. The number of carbonyl (C=O) groups excluding carboxylic acids is 2. The van der Waals surface area contributed by atoms with Crippen molar-refractivity contribution in [2.75, 3.05) is 19.0 Å². The number of aliphatic imine (C=N–C) groups is 1. The molecule has 1 aliphatic rings. The Labute approximate surface area is 220 Å². The van der Waals surface area contributed by atoms with Crippen molar-refractivity contribution in [3.8, 4) is 5.75 Å². The number of rotatable bonds is 7. The smallest absolute Gasteiger partial charge is 0.238 e. The number of anilines is 1. The lowest BCUT2D eigenvalue weighted by Crippen LogP contribution is -2.46. The Morgan fingerprint density at radius 2 is 1.83 bits per heavy atom. The molecule has 1 aliphatic heterocycles. The number of ether oxygens (including phenoxy) is 1. The van der Waals surface area contributed by atoms with Crippen molar-refractivity contribution in [3.05, 3.63) is 88.4 Å². The Morgan fingerprint density at radius 1 is 1.11 bits per heavy atom. The van der Waals surface area contributed by atoms with E-state index in [0.29, 0.717) is 28.8 Å². The molecule has 0 radical (unpaired) electrons. The molecule has 1 saturated heterocycles. The summed E-state index contributed by atoms with van der Waals surface area (Å²) in [4.78, 5) is 32.8. The van der Waals surface area contributed by atoms with E-state index in [0.717, 1.165) is 28.1 Å². The third-order valence-electron chi connectivity index (χ3n) is 5.91. The lowest BCUT2D eigenvalue weighted by Gasteiger charge is -2.32. The van der Waals surface area contributed by atoms with Crippen LogP contribution < -0.4 is 10.1 Å². The van der Waals surface area contributed by atoms with E-state index in [1.165, 1.54) is 11.8 Å². The normalized spacial score (nSPS) is 16.8. The van der Waals surface area contributed by atoms with Crippen molar-refractivity contribution >= 4 is 51.7 Å². The summed E-state index contributed by atoms with van der Waals surface area (Å²) in [7, 11) is 1.61. The van der Waals surface area contributed by atoms with Crippen LogP contribution in [0.2, 0.25) is 5.02 Å². The third kappa shape index (κ3) is 6.47. The van der Waals surface area contributed by atoms with Gasteiger partial charge in [-0.2, -0.15) is 0 Å². The van der Waals surface area contributed by atoms with E-state index < -0.39 is 5.25 Å². The fourth-order valence-corrected chi connectivity index (χ4v) is 5.14. The molecule has 1 fully saturated rings. The highest BCUT2D eigenvalue weighted by atomic mass is 35.5. The number of nitrogens with one attached hydrogen (secondary N) is 1. The monoisotopic (exact) mass is 521 g/mol. The first-order valence-corrected chi connectivity index (χ1v) is 12.9. The van der Waals surface area contributed by atoms with Crippen LogP contribution in [0.1, 0.15) is 23.1 Å². The van der Waals surface area contributed by atoms with Crippen LogP contribution in [-0.4, -0.2) is 40.8 Å². The van der Waals surface area contributed by atoms with Gasteiger partial charge in [-0.25, -0.2) is 4.99 Å². The van der Waals surface area contributed by atoms with E-state index in [-0.39, 0.29) is 18.2 Å². The molecule has 3 aromatic carbocycles. The van der Waals surface area contributed by atoms with Crippen molar-refractivity contribution in [2.24, 2.45) is 4.99 Å². The zero-order valence-electron chi connectivity index (χ0n) is 20.5. The van der Waals surface area contributed by atoms with Crippen molar-refractivity contribution in [1.29, 1.82) is 0 Å². The number of hydrogen-bond acceptors (Lipinski definition) is 5. The van der Waals surface area contributed by atoms with Gasteiger partial charge in [0.05, 0.1) is 12.8 Å². The quantitative estimate of drug-likeness (QED) is 0.403. The van der Waals surface area contributed by atoms with Gasteiger partial charge in [0.2, 0.25) is 11.8 Å². The van der Waals surface area contributed by atoms with E-state index in [9.17, 15) is 9.59 Å². The molecule has 0 aliphatic carbocycles. The number of amidine groups is 1. The first kappa shape index (κ1) is 25.8.